The average molecular weight is 372 g/mol. The molecule has 0 aliphatic carbocycles. The number of carbonyl (C=O) groups is 3. The Kier molecular flexibility index (Phi) is 5.23. The number of aryl methyl sites for hydroxylation is 1. The highest BCUT2D eigenvalue weighted by molar-refractivity contribution is 6.30. The Morgan fingerprint density at radius 3 is 2.46 bits per heavy atom. The molecule has 0 unspecified atom stereocenters. The van der Waals surface area contributed by atoms with E-state index < -0.39 is 17.7 Å². The number of rotatable bonds is 3. The predicted octanol–water partition coefficient (Wildman–Crippen LogP) is 2.46. The Hall–Kier alpha value is -2.86. The fourth-order valence-corrected chi connectivity index (χ4v) is 3.00. The number of anilines is 1. The maximum Gasteiger partial charge on any atom is 0.269 e. The SMILES string of the molecule is Cc1ccccc1C(=O)NNC(=O)[C@@H]1CC(=O)N(c2ccc(Cl)cc2)C1. The highest BCUT2D eigenvalue weighted by Crippen LogP contribution is 2.26. The highest BCUT2D eigenvalue weighted by atomic mass is 35.5. The van der Waals surface area contributed by atoms with Crippen molar-refractivity contribution < 1.29 is 14.4 Å². The van der Waals surface area contributed by atoms with Crippen molar-refractivity contribution in [3.8, 4) is 0 Å². The number of benzene rings is 2. The van der Waals surface area contributed by atoms with Gasteiger partial charge in [-0.05, 0) is 42.8 Å². The van der Waals surface area contributed by atoms with Crippen LogP contribution in [-0.2, 0) is 9.59 Å². The Morgan fingerprint density at radius 2 is 1.77 bits per heavy atom. The summed E-state index contributed by atoms with van der Waals surface area (Å²) in [4.78, 5) is 38.2. The van der Waals surface area contributed by atoms with E-state index in [2.05, 4.69) is 10.9 Å². The van der Waals surface area contributed by atoms with Crippen LogP contribution in [0.5, 0.6) is 0 Å². The van der Waals surface area contributed by atoms with Crippen LogP contribution in [-0.4, -0.2) is 24.3 Å². The molecule has 0 spiro atoms. The first kappa shape index (κ1) is 17.9. The van der Waals surface area contributed by atoms with Crippen molar-refractivity contribution in [1.29, 1.82) is 0 Å². The normalized spacial score (nSPS) is 16.5. The van der Waals surface area contributed by atoms with E-state index in [0.717, 1.165) is 5.56 Å². The van der Waals surface area contributed by atoms with Crippen molar-refractivity contribution in [3.05, 3.63) is 64.7 Å². The van der Waals surface area contributed by atoms with Gasteiger partial charge in [-0.15, -0.1) is 0 Å². The first-order valence-corrected chi connectivity index (χ1v) is 8.55. The quantitative estimate of drug-likeness (QED) is 0.813. The second kappa shape index (κ2) is 7.58. The lowest BCUT2D eigenvalue weighted by Gasteiger charge is -2.17. The minimum absolute atomic E-state index is 0.0920. The molecular weight excluding hydrogens is 354 g/mol. The van der Waals surface area contributed by atoms with Gasteiger partial charge in [0.15, 0.2) is 0 Å². The summed E-state index contributed by atoms with van der Waals surface area (Å²) >= 11 is 5.86. The third kappa shape index (κ3) is 3.86. The lowest BCUT2D eigenvalue weighted by molar-refractivity contribution is -0.126. The molecule has 6 nitrogen and oxygen atoms in total. The van der Waals surface area contributed by atoms with E-state index in [4.69, 9.17) is 11.6 Å². The largest absolute Gasteiger partial charge is 0.312 e. The van der Waals surface area contributed by atoms with Crippen LogP contribution in [0.25, 0.3) is 0 Å². The highest BCUT2D eigenvalue weighted by Gasteiger charge is 2.35. The maximum atomic E-state index is 12.3. The standard InChI is InChI=1S/C19H18ClN3O3/c1-12-4-2-3-5-16(12)19(26)22-21-18(25)13-10-17(24)23(11-13)15-8-6-14(20)7-9-15/h2-9,13H,10-11H2,1H3,(H,21,25)(H,22,26)/t13-/m1/s1. The molecule has 7 heteroatoms. The lowest BCUT2D eigenvalue weighted by atomic mass is 10.1. The van der Waals surface area contributed by atoms with Crippen molar-refractivity contribution in [2.75, 3.05) is 11.4 Å². The van der Waals surface area contributed by atoms with Gasteiger partial charge < -0.3 is 4.90 Å². The smallest absolute Gasteiger partial charge is 0.269 e. The number of nitrogens with zero attached hydrogens (tertiary/aromatic N) is 1. The van der Waals surface area contributed by atoms with Gasteiger partial charge in [-0.1, -0.05) is 29.8 Å². The molecule has 1 heterocycles. The van der Waals surface area contributed by atoms with Crippen molar-refractivity contribution in [2.45, 2.75) is 13.3 Å². The number of amides is 3. The van der Waals surface area contributed by atoms with Crippen LogP contribution in [0.1, 0.15) is 22.3 Å². The van der Waals surface area contributed by atoms with Crippen molar-refractivity contribution >= 4 is 35.0 Å². The maximum absolute atomic E-state index is 12.3. The van der Waals surface area contributed by atoms with Gasteiger partial charge in [0.25, 0.3) is 5.91 Å². The molecule has 134 valence electrons. The summed E-state index contributed by atoms with van der Waals surface area (Å²) in [5.41, 5.74) is 6.81. The number of halogens is 1. The third-order valence-electron chi connectivity index (χ3n) is 4.32. The molecule has 0 aromatic heterocycles. The molecule has 3 rings (SSSR count). The zero-order valence-corrected chi connectivity index (χ0v) is 14.9. The van der Waals surface area contributed by atoms with Gasteiger partial charge in [0.05, 0.1) is 5.92 Å². The molecule has 0 bridgehead atoms. The molecular formula is C19H18ClN3O3. The van der Waals surface area contributed by atoms with Crippen LogP contribution >= 0.6 is 11.6 Å². The van der Waals surface area contributed by atoms with Gasteiger partial charge in [-0.2, -0.15) is 0 Å². The van der Waals surface area contributed by atoms with E-state index in [0.29, 0.717) is 16.3 Å². The molecule has 2 aromatic carbocycles. The second-order valence-corrected chi connectivity index (χ2v) is 6.58. The molecule has 0 radical (unpaired) electrons. The molecule has 2 aromatic rings. The van der Waals surface area contributed by atoms with E-state index in [1.54, 1.807) is 41.3 Å². The van der Waals surface area contributed by atoms with Gasteiger partial charge in [0.2, 0.25) is 11.8 Å². The first-order chi connectivity index (χ1) is 12.5. The summed E-state index contributed by atoms with van der Waals surface area (Å²) in [6.07, 6.45) is 0.0920. The van der Waals surface area contributed by atoms with Crippen LogP contribution in [0, 0.1) is 12.8 Å². The fraction of sp³-hybridized carbons (Fsp3) is 0.211. The third-order valence-corrected chi connectivity index (χ3v) is 4.58. The van der Waals surface area contributed by atoms with Crippen molar-refractivity contribution in [3.63, 3.8) is 0 Å². The van der Waals surface area contributed by atoms with E-state index in [-0.39, 0.29) is 18.9 Å². The molecule has 3 amide bonds. The average Bonchev–Trinajstić information content (AvgIpc) is 3.02. The number of carbonyl (C=O) groups excluding carboxylic acids is 3. The summed E-state index contributed by atoms with van der Waals surface area (Å²) in [6, 6.07) is 13.9. The van der Waals surface area contributed by atoms with E-state index in [1.165, 1.54) is 0 Å². The molecule has 1 atom stereocenters. The minimum atomic E-state index is -0.532. The lowest BCUT2D eigenvalue weighted by Crippen LogP contribution is -2.45. The Balaban J connectivity index is 1.59. The van der Waals surface area contributed by atoms with Gasteiger partial charge in [0.1, 0.15) is 0 Å². The first-order valence-electron chi connectivity index (χ1n) is 8.17. The van der Waals surface area contributed by atoms with Crippen LogP contribution in [0.2, 0.25) is 5.02 Å². The fourth-order valence-electron chi connectivity index (χ4n) is 2.87. The number of hydrogen-bond acceptors (Lipinski definition) is 3. The summed E-state index contributed by atoms with van der Waals surface area (Å²) < 4.78 is 0. The van der Waals surface area contributed by atoms with Gasteiger partial charge >= 0.3 is 0 Å². The van der Waals surface area contributed by atoms with Crippen LogP contribution in [0.15, 0.2) is 48.5 Å². The Morgan fingerprint density at radius 1 is 1.08 bits per heavy atom. The van der Waals surface area contributed by atoms with Gasteiger partial charge in [-0.25, -0.2) is 0 Å². The summed E-state index contributed by atoms with van der Waals surface area (Å²) in [6.45, 7) is 2.07. The summed E-state index contributed by atoms with van der Waals surface area (Å²) in [7, 11) is 0. The Bertz CT molecular complexity index is 851. The molecule has 1 saturated heterocycles. The van der Waals surface area contributed by atoms with Crippen LogP contribution < -0.4 is 15.8 Å². The molecule has 1 aliphatic rings. The number of nitrogens with one attached hydrogen (secondary N) is 2. The topological polar surface area (TPSA) is 78.5 Å². The van der Waals surface area contributed by atoms with E-state index in [1.807, 2.05) is 19.1 Å². The predicted molar refractivity (Wildman–Crippen MR) is 98.7 cm³/mol. The molecule has 0 saturated carbocycles. The van der Waals surface area contributed by atoms with Crippen LogP contribution in [0.3, 0.4) is 0 Å². The molecule has 1 aliphatic heterocycles. The second-order valence-electron chi connectivity index (χ2n) is 6.14. The summed E-state index contributed by atoms with van der Waals surface area (Å²) in [5, 5.41) is 0.577. The molecule has 2 N–H and O–H groups in total. The van der Waals surface area contributed by atoms with Crippen molar-refractivity contribution in [2.24, 2.45) is 5.92 Å². The molecule has 26 heavy (non-hydrogen) atoms. The van der Waals surface area contributed by atoms with E-state index >= 15 is 0 Å². The van der Waals surface area contributed by atoms with E-state index in [9.17, 15) is 14.4 Å². The van der Waals surface area contributed by atoms with Crippen LogP contribution in [0.4, 0.5) is 5.69 Å². The Labute approximate surface area is 156 Å². The zero-order valence-electron chi connectivity index (χ0n) is 14.2. The monoisotopic (exact) mass is 371 g/mol. The molecule has 1 fully saturated rings. The van der Waals surface area contributed by atoms with Gasteiger partial charge in [-0.3, -0.25) is 25.2 Å². The van der Waals surface area contributed by atoms with Crippen molar-refractivity contribution in [1.82, 2.24) is 10.9 Å². The van der Waals surface area contributed by atoms with Gasteiger partial charge in [0, 0.05) is 29.2 Å². The minimum Gasteiger partial charge on any atom is -0.312 e. The number of hydrogen-bond donors (Lipinski definition) is 2. The zero-order chi connectivity index (χ0) is 18.7. The summed E-state index contributed by atoms with van der Waals surface area (Å²) in [5.74, 6) is -1.46. The number of hydrazine groups is 1.